The Bertz CT molecular complexity index is 200. The molecular weight excluding hydrogens is 168 g/mol. The van der Waals surface area contributed by atoms with Crippen LogP contribution in [0.5, 0.6) is 0 Å². The maximum absolute atomic E-state index is 10.8. The Kier molecular flexibility index (Phi) is 4.80. The summed E-state index contributed by atoms with van der Waals surface area (Å²) >= 11 is 0. The first-order valence-electron chi connectivity index (χ1n) is 3.26. The predicted octanol–water partition coefficient (Wildman–Crippen LogP) is -1.33. The molecule has 0 fully saturated rings. The van der Waals surface area contributed by atoms with Crippen LogP contribution in [0.15, 0.2) is 0 Å². The Hall–Kier alpha value is -0.620. The maximum Gasteiger partial charge on any atom is 0.213 e. The molecule has 0 bridgehead atoms. The predicted molar refractivity (Wildman–Crippen MR) is 41.5 cm³/mol. The number of carbonyl (C=O) groups is 1. The van der Waals surface area contributed by atoms with E-state index in [0.717, 1.165) is 0 Å². The van der Waals surface area contributed by atoms with Gasteiger partial charge in [-0.2, -0.15) is 0 Å². The molecule has 66 valence electrons. The largest absolute Gasteiger partial charge is 0.358 e. The lowest BCUT2D eigenvalue weighted by Crippen LogP contribution is -2.31. The molecule has 0 aromatic carbocycles. The van der Waals surface area contributed by atoms with Gasteiger partial charge in [-0.25, -0.2) is 13.1 Å². The van der Waals surface area contributed by atoms with Crippen molar-refractivity contribution in [1.82, 2.24) is 10.0 Å². The fraction of sp³-hybridized carbons (Fsp3) is 0.800. The van der Waals surface area contributed by atoms with Crippen LogP contribution in [0.1, 0.15) is 6.92 Å². The molecule has 6 heteroatoms. The summed E-state index contributed by atoms with van der Waals surface area (Å²) in [5.74, 6) is -0.0699. The minimum atomic E-state index is -3.18. The van der Waals surface area contributed by atoms with Crippen LogP contribution in [-0.2, 0) is 14.8 Å². The normalized spacial score (nSPS) is 11.0. The molecule has 0 aliphatic carbocycles. The van der Waals surface area contributed by atoms with Crippen LogP contribution in [0.4, 0.5) is 0 Å². The van der Waals surface area contributed by atoms with Crippen LogP contribution in [0, 0.1) is 0 Å². The van der Waals surface area contributed by atoms with E-state index in [0.29, 0.717) is 13.0 Å². The molecule has 2 N–H and O–H groups in total. The first kappa shape index (κ1) is 10.4. The lowest BCUT2D eigenvalue weighted by molar-refractivity contribution is -0.109. The van der Waals surface area contributed by atoms with Gasteiger partial charge in [0.1, 0.15) is 0 Å². The van der Waals surface area contributed by atoms with Crippen molar-refractivity contribution >= 4 is 16.4 Å². The molecule has 0 aliphatic rings. The van der Waals surface area contributed by atoms with Crippen molar-refractivity contribution in [3.63, 3.8) is 0 Å². The van der Waals surface area contributed by atoms with Gasteiger partial charge in [0.2, 0.25) is 16.4 Å². The third-order valence-electron chi connectivity index (χ3n) is 0.963. The number of nitrogens with one attached hydrogen (secondary N) is 2. The van der Waals surface area contributed by atoms with Gasteiger partial charge in [-0.3, -0.25) is 4.79 Å². The van der Waals surface area contributed by atoms with E-state index < -0.39 is 10.0 Å². The van der Waals surface area contributed by atoms with Gasteiger partial charge in [-0.1, -0.05) is 6.92 Å². The fourth-order valence-electron chi connectivity index (χ4n) is 0.544. The zero-order valence-electron chi connectivity index (χ0n) is 6.33. The van der Waals surface area contributed by atoms with E-state index in [9.17, 15) is 13.2 Å². The molecule has 0 radical (unpaired) electrons. The molecule has 5 nitrogen and oxygen atoms in total. The van der Waals surface area contributed by atoms with Gasteiger partial charge in [-0.15, -0.1) is 0 Å². The highest BCUT2D eigenvalue weighted by atomic mass is 32.2. The third-order valence-corrected chi connectivity index (χ3v) is 2.43. The SMILES string of the molecule is CCNS(=O)(=O)CCNC=O. The van der Waals surface area contributed by atoms with E-state index in [1.807, 2.05) is 0 Å². The van der Waals surface area contributed by atoms with Gasteiger partial charge in [0.25, 0.3) is 0 Å². The molecule has 0 unspecified atom stereocenters. The summed E-state index contributed by atoms with van der Waals surface area (Å²) in [6.45, 7) is 2.23. The van der Waals surface area contributed by atoms with Crippen molar-refractivity contribution < 1.29 is 13.2 Å². The average molecular weight is 180 g/mol. The van der Waals surface area contributed by atoms with Gasteiger partial charge >= 0.3 is 0 Å². The molecule has 0 aliphatic heterocycles. The second-order valence-electron chi connectivity index (χ2n) is 1.89. The topological polar surface area (TPSA) is 75.3 Å². The standard InChI is InChI=1S/C5H12N2O3S/c1-2-7-11(9,10)4-3-6-5-8/h5,7H,2-4H2,1H3,(H,6,8). The van der Waals surface area contributed by atoms with Gasteiger partial charge in [-0.05, 0) is 0 Å². The van der Waals surface area contributed by atoms with E-state index in [4.69, 9.17) is 0 Å². The molecule has 11 heavy (non-hydrogen) atoms. The Balaban J connectivity index is 3.64. The summed E-state index contributed by atoms with van der Waals surface area (Å²) in [7, 11) is -3.18. The maximum atomic E-state index is 10.8. The Morgan fingerprint density at radius 1 is 1.45 bits per heavy atom. The quantitative estimate of drug-likeness (QED) is 0.393. The highest BCUT2D eigenvalue weighted by Crippen LogP contribution is 1.79. The van der Waals surface area contributed by atoms with Crippen molar-refractivity contribution in [1.29, 1.82) is 0 Å². The summed E-state index contributed by atoms with van der Waals surface area (Å²) in [6.07, 6.45) is 0.474. The number of rotatable bonds is 6. The number of hydrogen-bond acceptors (Lipinski definition) is 3. The van der Waals surface area contributed by atoms with E-state index in [1.165, 1.54) is 0 Å². The van der Waals surface area contributed by atoms with Gasteiger partial charge < -0.3 is 5.32 Å². The molecule has 0 spiro atoms. The molecule has 0 aromatic rings. The van der Waals surface area contributed by atoms with Crippen molar-refractivity contribution in [2.75, 3.05) is 18.8 Å². The molecular formula is C5H12N2O3S. The zero-order chi connectivity index (χ0) is 8.74. The van der Waals surface area contributed by atoms with Crippen molar-refractivity contribution in [3.8, 4) is 0 Å². The fourth-order valence-corrected chi connectivity index (χ4v) is 1.52. The van der Waals surface area contributed by atoms with Crippen LogP contribution in [-0.4, -0.2) is 33.7 Å². The smallest absolute Gasteiger partial charge is 0.213 e. The molecule has 1 amide bonds. The molecule has 0 aromatic heterocycles. The summed E-state index contributed by atoms with van der Waals surface area (Å²) < 4.78 is 24.0. The summed E-state index contributed by atoms with van der Waals surface area (Å²) in [5.41, 5.74) is 0. The molecule has 0 saturated heterocycles. The molecule has 0 rings (SSSR count). The Morgan fingerprint density at radius 3 is 2.55 bits per heavy atom. The lowest BCUT2D eigenvalue weighted by Gasteiger charge is -2.02. The molecule has 0 heterocycles. The first-order chi connectivity index (χ1) is 5.12. The van der Waals surface area contributed by atoms with Crippen LogP contribution in [0.2, 0.25) is 0 Å². The Labute approximate surface area is 66.2 Å². The van der Waals surface area contributed by atoms with Gasteiger partial charge in [0.05, 0.1) is 5.75 Å². The highest BCUT2D eigenvalue weighted by Gasteiger charge is 2.05. The number of hydrogen-bond donors (Lipinski definition) is 2. The third kappa shape index (κ3) is 5.81. The Morgan fingerprint density at radius 2 is 2.09 bits per heavy atom. The number of carbonyl (C=O) groups excluding carboxylic acids is 1. The molecule has 0 saturated carbocycles. The monoisotopic (exact) mass is 180 g/mol. The van der Waals surface area contributed by atoms with Crippen molar-refractivity contribution in [2.45, 2.75) is 6.92 Å². The van der Waals surface area contributed by atoms with Crippen LogP contribution < -0.4 is 10.0 Å². The van der Waals surface area contributed by atoms with Crippen molar-refractivity contribution in [3.05, 3.63) is 0 Å². The van der Waals surface area contributed by atoms with E-state index in [2.05, 4.69) is 10.0 Å². The second-order valence-corrected chi connectivity index (χ2v) is 3.82. The van der Waals surface area contributed by atoms with Crippen LogP contribution in [0.25, 0.3) is 0 Å². The molecule has 0 atom stereocenters. The second kappa shape index (κ2) is 5.09. The highest BCUT2D eigenvalue weighted by molar-refractivity contribution is 7.89. The lowest BCUT2D eigenvalue weighted by atomic mass is 10.8. The minimum Gasteiger partial charge on any atom is -0.358 e. The van der Waals surface area contributed by atoms with E-state index in [1.54, 1.807) is 6.92 Å². The van der Waals surface area contributed by atoms with Crippen LogP contribution in [0.3, 0.4) is 0 Å². The van der Waals surface area contributed by atoms with Crippen molar-refractivity contribution in [2.24, 2.45) is 0 Å². The first-order valence-corrected chi connectivity index (χ1v) is 4.92. The number of sulfonamides is 1. The number of amides is 1. The van der Waals surface area contributed by atoms with E-state index in [-0.39, 0.29) is 12.3 Å². The summed E-state index contributed by atoms with van der Waals surface area (Å²) in [5, 5.41) is 2.26. The van der Waals surface area contributed by atoms with Gasteiger partial charge in [0.15, 0.2) is 0 Å². The zero-order valence-corrected chi connectivity index (χ0v) is 7.15. The average Bonchev–Trinajstić information content (AvgIpc) is 1.87. The minimum absolute atomic E-state index is 0.0699. The van der Waals surface area contributed by atoms with Crippen LogP contribution >= 0.6 is 0 Å². The van der Waals surface area contributed by atoms with E-state index >= 15 is 0 Å². The van der Waals surface area contributed by atoms with Gasteiger partial charge in [0, 0.05) is 13.1 Å². The summed E-state index contributed by atoms with van der Waals surface area (Å²) in [4.78, 5) is 9.72. The summed E-state index contributed by atoms with van der Waals surface area (Å²) in [6, 6.07) is 0.